The summed E-state index contributed by atoms with van der Waals surface area (Å²) in [5, 5.41) is 10.9. The van der Waals surface area contributed by atoms with E-state index in [-0.39, 0.29) is 5.91 Å². The van der Waals surface area contributed by atoms with Crippen molar-refractivity contribution in [2.45, 2.75) is 6.42 Å². The number of H-pyrrole nitrogens is 1. The predicted molar refractivity (Wildman–Crippen MR) is 131 cm³/mol. The number of allylic oxidation sites excluding steroid dienone is 1. The number of nitrogens with zero attached hydrogens (tertiary/aromatic N) is 2. The quantitative estimate of drug-likeness (QED) is 0.282. The van der Waals surface area contributed by atoms with E-state index in [0.717, 1.165) is 23.3 Å². The fourth-order valence-electron chi connectivity index (χ4n) is 3.16. The first-order chi connectivity index (χ1) is 16.3. The Kier molecular flexibility index (Phi) is 7.42. The molecule has 6 heteroatoms. The topological polar surface area (TPSA) is 79.4 Å². The number of aromatic nitrogens is 2. The first-order valence-electron chi connectivity index (χ1n) is 10.7. The molecule has 4 rings (SSSR count). The van der Waals surface area contributed by atoms with Crippen LogP contribution in [0.1, 0.15) is 21.6 Å². The number of hydrazone groups is 1. The average Bonchev–Trinajstić information content (AvgIpc) is 3.36. The van der Waals surface area contributed by atoms with Gasteiger partial charge in [-0.3, -0.25) is 9.89 Å². The number of nitrogens with one attached hydrogen (secondary N) is 2. The van der Waals surface area contributed by atoms with Crippen LogP contribution >= 0.6 is 0 Å². The normalized spacial score (nSPS) is 11.2. The Morgan fingerprint density at radius 1 is 0.970 bits per heavy atom. The molecule has 2 N–H and O–H groups in total. The molecule has 4 aromatic rings. The smallest absolute Gasteiger partial charge is 0.289 e. The summed E-state index contributed by atoms with van der Waals surface area (Å²) in [7, 11) is 0. The minimum Gasteiger partial charge on any atom is -0.493 e. The van der Waals surface area contributed by atoms with E-state index in [9.17, 15) is 4.79 Å². The number of amides is 1. The molecule has 3 aromatic carbocycles. The highest BCUT2D eigenvalue weighted by atomic mass is 16.5. The van der Waals surface area contributed by atoms with E-state index in [2.05, 4.69) is 32.9 Å². The van der Waals surface area contributed by atoms with Crippen molar-refractivity contribution >= 4 is 18.2 Å². The monoisotopic (exact) mass is 436 g/mol. The highest BCUT2D eigenvalue weighted by molar-refractivity contribution is 5.94. The van der Waals surface area contributed by atoms with Crippen molar-refractivity contribution in [3.05, 3.63) is 114 Å². The maximum absolute atomic E-state index is 12.3. The van der Waals surface area contributed by atoms with Crippen LogP contribution in [0.3, 0.4) is 0 Å². The van der Waals surface area contributed by atoms with Gasteiger partial charge >= 0.3 is 0 Å². The molecule has 1 heterocycles. The number of rotatable bonds is 9. The van der Waals surface area contributed by atoms with E-state index in [0.29, 0.717) is 18.0 Å². The summed E-state index contributed by atoms with van der Waals surface area (Å²) in [6.45, 7) is 0.608. The summed E-state index contributed by atoms with van der Waals surface area (Å²) in [6.07, 6.45) is 6.04. The first-order valence-corrected chi connectivity index (χ1v) is 10.7. The number of hydrogen-bond donors (Lipinski definition) is 2. The molecule has 0 aliphatic carbocycles. The van der Waals surface area contributed by atoms with E-state index in [4.69, 9.17) is 4.74 Å². The van der Waals surface area contributed by atoms with Gasteiger partial charge in [-0.05, 0) is 47.5 Å². The van der Waals surface area contributed by atoms with Gasteiger partial charge < -0.3 is 4.74 Å². The third kappa shape index (κ3) is 6.51. The fourth-order valence-corrected chi connectivity index (χ4v) is 3.16. The van der Waals surface area contributed by atoms with Gasteiger partial charge in [-0.2, -0.15) is 10.2 Å². The fraction of sp³-hybridized carbons (Fsp3) is 0.0741. The zero-order valence-electron chi connectivity index (χ0n) is 18.0. The minimum atomic E-state index is -0.362. The summed E-state index contributed by atoms with van der Waals surface area (Å²) in [4.78, 5) is 12.3. The van der Waals surface area contributed by atoms with Gasteiger partial charge in [0, 0.05) is 18.2 Å². The van der Waals surface area contributed by atoms with Crippen molar-refractivity contribution in [1.82, 2.24) is 15.6 Å². The Bertz CT molecular complexity index is 1210. The molecule has 33 heavy (non-hydrogen) atoms. The lowest BCUT2D eigenvalue weighted by Gasteiger charge is -2.06. The highest BCUT2D eigenvalue weighted by Crippen LogP contribution is 2.21. The molecule has 0 radical (unpaired) electrons. The summed E-state index contributed by atoms with van der Waals surface area (Å²) in [6, 6.07) is 29.4. The van der Waals surface area contributed by atoms with E-state index in [1.807, 2.05) is 78.9 Å². The zero-order chi connectivity index (χ0) is 22.7. The van der Waals surface area contributed by atoms with Gasteiger partial charge in [0.2, 0.25) is 0 Å². The molecule has 0 unspecified atom stereocenters. The predicted octanol–water partition coefficient (Wildman–Crippen LogP) is 5.13. The number of ether oxygens (including phenoxy) is 1. The van der Waals surface area contributed by atoms with Crippen molar-refractivity contribution in [1.29, 1.82) is 0 Å². The van der Waals surface area contributed by atoms with Crippen LogP contribution in [0, 0.1) is 0 Å². The molecule has 1 aromatic heterocycles. The minimum absolute atomic E-state index is 0.331. The van der Waals surface area contributed by atoms with Crippen LogP contribution in [0.5, 0.6) is 5.75 Å². The van der Waals surface area contributed by atoms with Crippen molar-refractivity contribution < 1.29 is 9.53 Å². The SMILES string of the molecule is O=C(N/N=C/C=C/c1ccccc1)c1cc(-c2ccc(OCCc3ccccc3)cc2)n[nH]1. The molecule has 0 fully saturated rings. The van der Waals surface area contributed by atoms with Crippen molar-refractivity contribution in [3.63, 3.8) is 0 Å². The van der Waals surface area contributed by atoms with Gasteiger partial charge in [-0.25, -0.2) is 5.43 Å². The summed E-state index contributed by atoms with van der Waals surface area (Å²) in [5.41, 5.74) is 6.67. The molecule has 0 aliphatic rings. The van der Waals surface area contributed by atoms with E-state index in [1.165, 1.54) is 11.8 Å². The molecule has 1 amide bonds. The third-order valence-corrected chi connectivity index (χ3v) is 4.89. The van der Waals surface area contributed by atoms with Gasteiger partial charge in [0.15, 0.2) is 0 Å². The Balaban J connectivity index is 1.27. The molecule has 0 saturated carbocycles. The summed E-state index contributed by atoms with van der Waals surface area (Å²) < 4.78 is 5.82. The van der Waals surface area contributed by atoms with Crippen molar-refractivity contribution in [3.8, 4) is 17.0 Å². The molecule has 0 aliphatic heterocycles. The molecule has 6 nitrogen and oxygen atoms in total. The first kappa shape index (κ1) is 21.8. The number of benzene rings is 3. The zero-order valence-corrected chi connectivity index (χ0v) is 18.0. The number of carbonyl (C=O) groups is 1. The van der Waals surface area contributed by atoms with E-state index >= 15 is 0 Å². The van der Waals surface area contributed by atoms with Crippen LogP contribution in [-0.2, 0) is 6.42 Å². The second-order valence-electron chi connectivity index (χ2n) is 7.26. The molecule has 0 bridgehead atoms. The Morgan fingerprint density at radius 3 is 2.45 bits per heavy atom. The van der Waals surface area contributed by atoms with Gasteiger partial charge in [-0.1, -0.05) is 66.7 Å². The number of carbonyl (C=O) groups excluding carboxylic acids is 1. The van der Waals surface area contributed by atoms with E-state index in [1.54, 1.807) is 12.1 Å². The molecular formula is C27H24N4O2. The Morgan fingerprint density at radius 2 is 1.70 bits per heavy atom. The molecule has 164 valence electrons. The lowest BCUT2D eigenvalue weighted by atomic mass is 10.1. The molecule has 0 saturated heterocycles. The van der Waals surface area contributed by atoms with Crippen LogP contribution in [0.4, 0.5) is 0 Å². The van der Waals surface area contributed by atoms with Crippen LogP contribution in [-0.4, -0.2) is 28.9 Å². The summed E-state index contributed by atoms with van der Waals surface area (Å²) in [5.74, 6) is 0.431. The van der Waals surface area contributed by atoms with Gasteiger partial charge in [0.05, 0.1) is 12.3 Å². The third-order valence-electron chi connectivity index (χ3n) is 4.89. The maximum Gasteiger partial charge on any atom is 0.289 e. The summed E-state index contributed by atoms with van der Waals surface area (Å²) >= 11 is 0. The molecule has 0 spiro atoms. The largest absolute Gasteiger partial charge is 0.493 e. The standard InChI is InChI=1S/C27H24N4O2/c32-27(31-28-18-7-12-21-8-3-1-4-9-21)26-20-25(29-30-26)23-13-15-24(16-14-23)33-19-17-22-10-5-2-6-11-22/h1-16,18,20H,17,19H2,(H,29,30)(H,31,32)/b12-7+,28-18+. The van der Waals surface area contributed by atoms with E-state index < -0.39 is 0 Å². The maximum atomic E-state index is 12.3. The molecule has 0 atom stereocenters. The molecular weight excluding hydrogens is 412 g/mol. The van der Waals surface area contributed by atoms with Crippen LogP contribution in [0.25, 0.3) is 17.3 Å². The van der Waals surface area contributed by atoms with Gasteiger partial charge in [0.1, 0.15) is 11.4 Å². The lowest BCUT2D eigenvalue weighted by Crippen LogP contribution is -2.17. The van der Waals surface area contributed by atoms with Gasteiger partial charge in [-0.15, -0.1) is 0 Å². The Labute approximate surface area is 192 Å². The lowest BCUT2D eigenvalue weighted by molar-refractivity contribution is 0.0950. The van der Waals surface area contributed by atoms with Crippen molar-refractivity contribution in [2.75, 3.05) is 6.61 Å². The second-order valence-corrected chi connectivity index (χ2v) is 7.26. The van der Waals surface area contributed by atoms with Crippen LogP contribution < -0.4 is 10.2 Å². The second kappa shape index (κ2) is 11.2. The van der Waals surface area contributed by atoms with Crippen LogP contribution in [0.15, 0.2) is 102 Å². The average molecular weight is 437 g/mol. The van der Waals surface area contributed by atoms with Crippen LogP contribution in [0.2, 0.25) is 0 Å². The van der Waals surface area contributed by atoms with Crippen molar-refractivity contribution in [2.24, 2.45) is 5.10 Å². The number of hydrogen-bond acceptors (Lipinski definition) is 4. The van der Waals surface area contributed by atoms with Gasteiger partial charge in [0.25, 0.3) is 5.91 Å². The number of aromatic amines is 1. The highest BCUT2D eigenvalue weighted by Gasteiger charge is 2.10. The Hall–Kier alpha value is -4.45.